The van der Waals surface area contributed by atoms with E-state index in [2.05, 4.69) is 85.8 Å². The summed E-state index contributed by atoms with van der Waals surface area (Å²) in [6.45, 7) is 17.1. The molecule has 0 spiro atoms. The zero-order valence-corrected chi connectivity index (χ0v) is 27.1. The zero-order valence-electron chi connectivity index (χ0n) is 27.1. The van der Waals surface area contributed by atoms with Gasteiger partial charge in [0.05, 0.1) is 24.9 Å². The molecule has 2 saturated heterocycles. The van der Waals surface area contributed by atoms with Gasteiger partial charge in [-0.1, -0.05) is 58.7 Å². The van der Waals surface area contributed by atoms with Gasteiger partial charge in [-0.3, -0.25) is 4.98 Å². The van der Waals surface area contributed by atoms with E-state index in [4.69, 9.17) is 14.5 Å². The van der Waals surface area contributed by atoms with E-state index < -0.39 is 0 Å². The number of aryl methyl sites for hydroxylation is 1. The highest BCUT2D eigenvalue weighted by Crippen LogP contribution is 2.33. The second-order valence-corrected chi connectivity index (χ2v) is 12.8. The Labute approximate surface area is 259 Å². The van der Waals surface area contributed by atoms with Gasteiger partial charge in [-0.15, -0.1) is 0 Å². The lowest BCUT2D eigenvalue weighted by atomic mass is 9.91. The minimum absolute atomic E-state index is 0.309. The molecule has 2 aliphatic rings. The van der Waals surface area contributed by atoms with Gasteiger partial charge in [0.25, 0.3) is 0 Å². The predicted molar refractivity (Wildman–Crippen MR) is 178 cm³/mol. The van der Waals surface area contributed by atoms with Crippen LogP contribution in [0.3, 0.4) is 0 Å². The Balaban J connectivity index is 1.05. The highest BCUT2D eigenvalue weighted by molar-refractivity contribution is 5.75. The summed E-state index contributed by atoms with van der Waals surface area (Å²) in [7, 11) is 0. The maximum Gasteiger partial charge on any atom is 0.128 e. The number of nitrogens with zero attached hydrogens (tertiary/aromatic N) is 4. The van der Waals surface area contributed by atoms with Crippen molar-refractivity contribution in [3.63, 3.8) is 0 Å². The van der Waals surface area contributed by atoms with E-state index in [9.17, 15) is 0 Å². The minimum atomic E-state index is 0.309. The van der Waals surface area contributed by atoms with Gasteiger partial charge in [-0.2, -0.15) is 0 Å². The molecule has 4 heterocycles. The molecule has 0 saturated carbocycles. The fourth-order valence-electron chi connectivity index (χ4n) is 6.46. The monoisotopic (exact) mass is 584 g/mol. The number of rotatable bonds is 14. The number of anilines is 1. The molecule has 1 aromatic carbocycles. The molecule has 1 atom stereocenters. The van der Waals surface area contributed by atoms with Crippen molar-refractivity contribution in [2.24, 2.45) is 0 Å². The number of aromatic nitrogens is 2. The van der Waals surface area contributed by atoms with Crippen LogP contribution < -0.4 is 4.90 Å². The van der Waals surface area contributed by atoms with Crippen LogP contribution in [0.4, 0.5) is 5.82 Å². The van der Waals surface area contributed by atoms with Gasteiger partial charge in [0.1, 0.15) is 5.82 Å². The Hall–Kier alpha value is -2.80. The summed E-state index contributed by atoms with van der Waals surface area (Å²) in [5.74, 6) is 1.49. The Bertz CT molecular complexity index is 1280. The molecule has 6 nitrogen and oxygen atoms in total. The van der Waals surface area contributed by atoms with E-state index in [1.54, 1.807) is 0 Å². The number of pyridine rings is 2. The molecule has 0 aliphatic carbocycles. The third-order valence-electron chi connectivity index (χ3n) is 9.26. The number of hydrogen-bond acceptors (Lipinski definition) is 6. The lowest BCUT2D eigenvalue weighted by Gasteiger charge is -2.43. The first kappa shape index (κ1) is 31.6. The van der Waals surface area contributed by atoms with Crippen molar-refractivity contribution in [3.8, 4) is 22.3 Å². The Morgan fingerprint density at radius 1 is 0.930 bits per heavy atom. The minimum Gasteiger partial charge on any atom is -0.377 e. The van der Waals surface area contributed by atoms with Crippen LogP contribution in [-0.4, -0.2) is 72.5 Å². The molecule has 43 heavy (non-hydrogen) atoms. The van der Waals surface area contributed by atoms with Crippen molar-refractivity contribution in [3.05, 3.63) is 66.1 Å². The van der Waals surface area contributed by atoms with Crippen molar-refractivity contribution in [2.45, 2.75) is 97.4 Å². The average molecular weight is 585 g/mol. The number of benzene rings is 1. The van der Waals surface area contributed by atoms with Crippen LogP contribution in [0, 0.1) is 6.92 Å². The largest absolute Gasteiger partial charge is 0.377 e. The number of unbranched alkanes of at least 4 members (excludes halogenated alkanes) is 1. The maximum atomic E-state index is 6.48. The highest BCUT2D eigenvalue weighted by atomic mass is 16.5. The van der Waals surface area contributed by atoms with E-state index >= 15 is 0 Å². The Kier molecular flexibility index (Phi) is 11.2. The van der Waals surface area contributed by atoms with E-state index in [1.807, 2.05) is 18.6 Å². The first-order chi connectivity index (χ1) is 20.9. The van der Waals surface area contributed by atoms with E-state index in [0.717, 1.165) is 70.0 Å². The lowest BCUT2D eigenvalue weighted by molar-refractivity contribution is -0.0568. The third-order valence-corrected chi connectivity index (χ3v) is 9.26. The average Bonchev–Trinajstić information content (AvgIpc) is 3.01. The molecule has 1 unspecified atom stereocenters. The smallest absolute Gasteiger partial charge is 0.128 e. The molecule has 5 rings (SSSR count). The van der Waals surface area contributed by atoms with E-state index in [0.29, 0.717) is 24.2 Å². The topological polar surface area (TPSA) is 50.7 Å². The molecule has 0 bridgehead atoms. The Morgan fingerprint density at radius 2 is 1.72 bits per heavy atom. The second kappa shape index (κ2) is 15.3. The molecule has 2 fully saturated rings. The number of piperidine rings is 1. The van der Waals surface area contributed by atoms with Crippen LogP contribution in [0.15, 0.2) is 55.0 Å². The molecule has 6 heteroatoms. The summed E-state index contributed by atoms with van der Waals surface area (Å²) in [4.78, 5) is 14.1. The molecule has 0 radical (unpaired) electrons. The van der Waals surface area contributed by atoms with Crippen molar-refractivity contribution < 1.29 is 9.47 Å². The van der Waals surface area contributed by atoms with Crippen LogP contribution in [0.25, 0.3) is 22.3 Å². The zero-order chi connectivity index (χ0) is 30.2. The summed E-state index contributed by atoms with van der Waals surface area (Å²) >= 11 is 0. The Morgan fingerprint density at radius 3 is 2.40 bits per heavy atom. The third kappa shape index (κ3) is 8.23. The molecule has 3 aromatic rings. The van der Waals surface area contributed by atoms with Crippen molar-refractivity contribution >= 4 is 5.82 Å². The van der Waals surface area contributed by atoms with Gasteiger partial charge >= 0.3 is 0 Å². The first-order valence-electron chi connectivity index (χ1n) is 16.7. The molecular weight excluding hydrogens is 532 g/mol. The number of hydrogen-bond donors (Lipinski definition) is 0. The van der Waals surface area contributed by atoms with E-state index in [-0.39, 0.29) is 0 Å². The SMILES string of the molecule is CCCCC(CC)OCCN1CCC(OC2CN(c3ccc(-c4ccc(-c5cnccc5C(C)C)c(C)c4)cn3)C2)CC1. The fourth-order valence-corrected chi connectivity index (χ4v) is 6.46. The fraction of sp³-hybridized carbons (Fsp3) is 0.568. The van der Waals surface area contributed by atoms with Crippen LogP contribution in [0.1, 0.15) is 83.3 Å². The van der Waals surface area contributed by atoms with Gasteiger partial charge in [0.15, 0.2) is 0 Å². The van der Waals surface area contributed by atoms with Crippen LogP contribution >= 0.6 is 0 Å². The van der Waals surface area contributed by atoms with Gasteiger partial charge < -0.3 is 19.3 Å². The molecule has 0 amide bonds. The van der Waals surface area contributed by atoms with E-state index in [1.165, 1.54) is 47.1 Å². The highest BCUT2D eigenvalue weighted by Gasteiger charge is 2.32. The summed E-state index contributed by atoms with van der Waals surface area (Å²) in [6.07, 6.45) is 14.1. The van der Waals surface area contributed by atoms with Crippen LogP contribution in [0.2, 0.25) is 0 Å². The van der Waals surface area contributed by atoms with Gasteiger partial charge in [0.2, 0.25) is 0 Å². The molecule has 232 valence electrons. The molecule has 2 aromatic heterocycles. The molecule has 0 N–H and O–H groups in total. The van der Waals surface area contributed by atoms with Crippen LogP contribution in [-0.2, 0) is 9.47 Å². The van der Waals surface area contributed by atoms with Gasteiger partial charge in [-0.25, -0.2) is 4.98 Å². The lowest BCUT2D eigenvalue weighted by Crippen LogP contribution is -2.54. The van der Waals surface area contributed by atoms with Crippen molar-refractivity contribution in [1.82, 2.24) is 14.9 Å². The van der Waals surface area contributed by atoms with Gasteiger partial charge in [0, 0.05) is 62.4 Å². The standard InChI is InChI=1S/C37H52N4O2/c1-6-8-9-31(7-2)42-21-20-40-18-15-32(16-19-40)43-33-25-41(26-33)37-13-11-30(23-39-37)29-10-12-35(28(5)22-29)36-24-38-17-14-34(36)27(3)4/h10-14,17,22-24,27,31-33H,6-9,15-16,18-21,25-26H2,1-5H3. The van der Waals surface area contributed by atoms with Crippen molar-refractivity contribution in [2.75, 3.05) is 44.2 Å². The van der Waals surface area contributed by atoms with Gasteiger partial charge in [-0.05, 0) is 79.0 Å². The summed E-state index contributed by atoms with van der Waals surface area (Å²) in [6, 6.07) is 13.2. The quantitative estimate of drug-likeness (QED) is 0.192. The first-order valence-corrected chi connectivity index (χ1v) is 16.7. The predicted octanol–water partition coefficient (Wildman–Crippen LogP) is 7.90. The summed E-state index contributed by atoms with van der Waals surface area (Å²) in [5.41, 5.74) is 7.40. The second-order valence-electron chi connectivity index (χ2n) is 12.8. The number of ether oxygens (including phenoxy) is 2. The normalized spacial score (nSPS) is 17.4. The van der Waals surface area contributed by atoms with Crippen molar-refractivity contribution in [1.29, 1.82) is 0 Å². The van der Waals surface area contributed by atoms with Crippen LogP contribution in [0.5, 0.6) is 0 Å². The molecular formula is C37H52N4O2. The molecule has 2 aliphatic heterocycles. The number of likely N-dealkylation sites (tertiary alicyclic amines) is 1. The summed E-state index contributed by atoms with van der Waals surface area (Å²) in [5, 5.41) is 0. The maximum absolute atomic E-state index is 6.48. The summed E-state index contributed by atoms with van der Waals surface area (Å²) < 4.78 is 12.6.